The molecule has 7 nitrogen and oxygen atoms in total. The number of nitrogens with one attached hydrogen (secondary N) is 2. The molecule has 3 rings (SSSR count). The molecule has 0 bridgehead atoms. The molecule has 8 heteroatoms. The highest BCUT2D eigenvalue weighted by molar-refractivity contribution is 7.92. The summed E-state index contributed by atoms with van der Waals surface area (Å²) in [6, 6.07) is 9.19. The first-order valence-electron chi connectivity index (χ1n) is 8.37. The Kier molecular flexibility index (Phi) is 4.47. The lowest BCUT2D eigenvalue weighted by Gasteiger charge is -2.32. The Morgan fingerprint density at radius 1 is 1.19 bits per heavy atom. The van der Waals surface area contributed by atoms with Crippen molar-refractivity contribution in [2.45, 2.75) is 37.5 Å². The Hall–Kier alpha value is -2.87. The maximum Gasteiger partial charge on any atom is 0.261 e. The number of amides is 2. The van der Waals surface area contributed by atoms with Gasteiger partial charge in [-0.1, -0.05) is 19.9 Å². The summed E-state index contributed by atoms with van der Waals surface area (Å²) in [7, 11) is -3.89. The van der Waals surface area contributed by atoms with Crippen LogP contribution in [0.5, 0.6) is 0 Å². The van der Waals surface area contributed by atoms with Crippen molar-refractivity contribution in [3.05, 3.63) is 53.1 Å². The number of carbonyl (C=O) groups excluding carboxylic acids is 2. The maximum absolute atomic E-state index is 12.9. The zero-order valence-electron chi connectivity index (χ0n) is 15.3. The molecule has 2 aromatic rings. The van der Waals surface area contributed by atoms with Crippen LogP contribution < -0.4 is 15.8 Å². The SMILES string of the molecule is Cc1ccc(C(N)=O)cc1NS(=O)(=O)c1ccc2c(c1)C(C)(C)CC(=O)N2. The average Bonchev–Trinajstić information content (AvgIpc) is 2.55. The van der Waals surface area contributed by atoms with Gasteiger partial charge in [0.2, 0.25) is 11.8 Å². The second-order valence-corrected chi connectivity index (χ2v) is 9.00. The molecule has 2 aromatic carbocycles. The van der Waals surface area contributed by atoms with Crippen molar-refractivity contribution in [3.63, 3.8) is 0 Å². The Morgan fingerprint density at radius 2 is 1.89 bits per heavy atom. The van der Waals surface area contributed by atoms with Gasteiger partial charge in [-0.15, -0.1) is 0 Å². The Morgan fingerprint density at radius 3 is 2.56 bits per heavy atom. The molecular weight excluding hydrogens is 366 g/mol. The molecule has 1 aliphatic rings. The van der Waals surface area contributed by atoms with Gasteiger partial charge in [0, 0.05) is 23.1 Å². The third-order valence-electron chi connectivity index (χ3n) is 4.67. The molecule has 0 saturated heterocycles. The van der Waals surface area contributed by atoms with Crippen LogP contribution in [0, 0.1) is 6.92 Å². The van der Waals surface area contributed by atoms with E-state index in [1.807, 2.05) is 13.8 Å². The quantitative estimate of drug-likeness (QED) is 0.747. The predicted molar refractivity (Wildman–Crippen MR) is 103 cm³/mol. The number of sulfonamides is 1. The Balaban J connectivity index is 2.01. The fourth-order valence-corrected chi connectivity index (χ4v) is 4.29. The van der Waals surface area contributed by atoms with Gasteiger partial charge in [-0.05, 0) is 48.4 Å². The van der Waals surface area contributed by atoms with E-state index in [0.717, 1.165) is 5.56 Å². The van der Waals surface area contributed by atoms with E-state index >= 15 is 0 Å². The van der Waals surface area contributed by atoms with Crippen LogP contribution in [0.1, 0.15) is 41.8 Å². The van der Waals surface area contributed by atoms with Gasteiger partial charge in [-0.3, -0.25) is 14.3 Å². The molecule has 0 unspecified atom stereocenters. The number of nitrogens with two attached hydrogens (primary N) is 1. The normalized spacial score (nSPS) is 15.6. The number of primary amides is 1. The number of hydrogen-bond donors (Lipinski definition) is 3. The monoisotopic (exact) mass is 387 g/mol. The fourth-order valence-electron chi connectivity index (χ4n) is 3.14. The topological polar surface area (TPSA) is 118 Å². The molecule has 1 aliphatic heterocycles. The number of carbonyl (C=O) groups is 2. The molecule has 1 heterocycles. The highest BCUT2D eigenvalue weighted by Crippen LogP contribution is 2.38. The van der Waals surface area contributed by atoms with E-state index < -0.39 is 21.3 Å². The van der Waals surface area contributed by atoms with Crippen LogP contribution in [0.3, 0.4) is 0 Å². The van der Waals surface area contributed by atoms with Gasteiger partial charge in [0.15, 0.2) is 0 Å². The largest absolute Gasteiger partial charge is 0.366 e. The van der Waals surface area contributed by atoms with Crippen LogP contribution in [-0.4, -0.2) is 20.2 Å². The van der Waals surface area contributed by atoms with Gasteiger partial charge < -0.3 is 11.1 Å². The highest BCUT2D eigenvalue weighted by Gasteiger charge is 2.33. The van der Waals surface area contributed by atoms with Crippen LogP contribution in [-0.2, 0) is 20.2 Å². The second-order valence-electron chi connectivity index (χ2n) is 7.32. The number of hydrogen-bond acceptors (Lipinski definition) is 4. The molecule has 0 aromatic heterocycles. The highest BCUT2D eigenvalue weighted by atomic mass is 32.2. The van der Waals surface area contributed by atoms with Crippen molar-refractivity contribution in [3.8, 4) is 0 Å². The summed E-state index contributed by atoms with van der Waals surface area (Å²) >= 11 is 0. The molecule has 0 fully saturated rings. The number of benzene rings is 2. The van der Waals surface area contributed by atoms with E-state index in [-0.39, 0.29) is 28.5 Å². The molecule has 27 heavy (non-hydrogen) atoms. The maximum atomic E-state index is 12.9. The average molecular weight is 387 g/mol. The molecule has 0 aliphatic carbocycles. The second kappa shape index (κ2) is 6.38. The van der Waals surface area contributed by atoms with Crippen LogP contribution in [0.15, 0.2) is 41.3 Å². The van der Waals surface area contributed by atoms with E-state index in [1.54, 1.807) is 31.2 Å². The van der Waals surface area contributed by atoms with Crippen molar-refractivity contribution >= 4 is 33.2 Å². The van der Waals surface area contributed by atoms with Gasteiger partial charge in [0.25, 0.3) is 10.0 Å². The van der Waals surface area contributed by atoms with Crippen molar-refractivity contribution in [2.24, 2.45) is 5.73 Å². The van der Waals surface area contributed by atoms with Crippen molar-refractivity contribution in [1.29, 1.82) is 0 Å². The van der Waals surface area contributed by atoms with Crippen LogP contribution in [0.2, 0.25) is 0 Å². The Bertz CT molecular complexity index is 1060. The number of fused-ring (bicyclic) bond motifs is 1. The summed E-state index contributed by atoms with van der Waals surface area (Å²) in [6.45, 7) is 5.53. The molecule has 0 radical (unpaired) electrons. The number of rotatable bonds is 4. The third-order valence-corrected chi connectivity index (χ3v) is 6.04. The van der Waals surface area contributed by atoms with E-state index in [4.69, 9.17) is 5.73 Å². The summed E-state index contributed by atoms with van der Waals surface area (Å²) in [5.74, 6) is -0.734. The van der Waals surface area contributed by atoms with Gasteiger partial charge in [0.05, 0.1) is 10.6 Å². The zero-order valence-corrected chi connectivity index (χ0v) is 16.1. The summed E-state index contributed by atoms with van der Waals surface area (Å²) in [5.41, 5.74) is 7.33. The van der Waals surface area contributed by atoms with Crippen LogP contribution in [0.4, 0.5) is 11.4 Å². The fraction of sp³-hybridized carbons (Fsp3) is 0.263. The lowest BCUT2D eigenvalue weighted by molar-refractivity contribution is -0.117. The molecule has 142 valence electrons. The minimum Gasteiger partial charge on any atom is -0.366 e. The van der Waals surface area contributed by atoms with Crippen molar-refractivity contribution in [2.75, 3.05) is 10.0 Å². The minimum absolute atomic E-state index is 0.0781. The standard InChI is InChI=1S/C19H21N3O4S/c1-11-4-5-12(18(20)24)8-16(11)22-27(25,26)13-6-7-15-14(9-13)19(2,3)10-17(23)21-15/h4-9,22H,10H2,1-3H3,(H2,20,24)(H,21,23). The van der Waals surface area contributed by atoms with Crippen molar-refractivity contribution < 1.29 is 18.0 Å². The molecule has 0 spiro atoms. The molecule has 2 amide bonds. The smallest absolute Gasteiger partial charge is 0.261 e. The summed E-state index contributed by atoms with van der Waals surface area (Å²) in [6.07, 6.45) is 0.274. The summed E-state index contributed by atoms with van der Waals surface area (Å²) < 4.78 is 28.3. The summed E-state index contributed by atoms with van der Waals surface area (Å²) in [5, 5.41) is 2.77. The molecule has 0 saturated carbocycles. The number of aryl methyl sites for hydroxylation is 1. The van der Waals surface area contributed by atoms with E-state index in [9.17, 15) is 18.0 Å². The molecule has 4 N–H and O–H groups in total. The van der Waals surface area contributed by atoms with E-state index in [1.165, 1.54) is 12.1 Å². The van der Waals surface area contributed by atoms with E-state index in [2.05, 4.69) is 10.0 Å². The first kappa shape index (κ1) is 18.9. The zero-order chi connectivity index (χ0) is 20.0. The Labute approximate surface area is 158 Å². The van der Waals surface area contributed by atoms with Gasteiger partial charge in [-0.25, -0.2) is 8.42 Å². The summed E-state index contributed by atoms with van der Waals surface area (Å²) in [4.78, 5) is 23.3. The van der Waals surface area contributed by atoms with Crippen LogP contribution >= 0.6 is 0 Å². The van der Waals surface area contributed by atoms with Crippen LogP contribution in [0.25, 0.3) is 0 Å². The number of anilines is 2. The third kappa shape index (κ3) is 3.66. The predicted octanol–water partition coefficient (Wildman–Crippen LogP) is 2.51. The van der Waals surface area contributed by atoms with Gasteiger partial charge in [-0.2, -0.15) is 0 Å². The lowest BCUT2D eigenvalue weighted by atomic mass is 9.78. The minimum atomic E-state index is -3.89. The lowest BCUT2D eigenvalue weighted by Crippen LogP contribution is -2.32. The van der Waals surface area contributed by atoms with Gasteiger partial charge >= 0.3 is 0 Å². The first-order valence-corrected chi connectivity index (χ1v) is 9.85. The molecular formula is C19H21N3O4S. The molecule has 0 atom stereocenters. The van der Waals surface area contributed by atoms with Crippen molar-refractivity contribution in [1.82, 2.24) is 0 Å². The van der Waals surface area contributed by atoms with Gasteiger partial charge in [0.1, 0.15) is 0 Å². The first-order chi connectivity index (χ1) is 12.5. The van der Waals surface area contributed by atoms with E-state index in [0.29, 0.717) is 11.3 Å².